The van der Waals surface area contributed by atoms with Crippen molar-refractivity contribution in [3.05, 3.63) is 24.3 Å². The summed E-state index contributed by atoms with van der Waals surface area (Å²) in [5.41, 5.74) is 6.43. The highest BCUT2D eigenvalue weighted by Crippen LogP contribution is 2.37. The first-order valence-electron chi connectivity index (χ1n) is 7.86. The number of benzene rings is 1. The standard InChI is InChI=1S/C16H24N2O3S/c1-22(19,20)9-8-18-13-4-5-14(18)11-16(10-13)21-15-6-2-12(17)3-7-15/h2-3,6-7,13-14,16H,4-5,8-11,17H2,1H3. The minimum atomic E-state index is -2.89. The van der Waals surface area contributed by atoms with Crippen molar-refractivity contribution in [1.82, 2.24) is 4.90 Å². The summed E-state index contributed by atoms with van der Waals surface area (Å²) >= 11 is 0. The summed E-state index contributed by atoms with van der Waals surface area (Å²) in [6.07, 6.45) is 5.78. The van der Waals surface area contributed by atoms with Crippen LogP contribution in [0.1, 0.15) is 25.7 Å². The number of nitrogens with zero attached hydrogens (tertiary/aromatic N) is 1. The number of nitrogens with two attached hydrogens (primary N) is 1. The van der Waals surface area contributed by atoms with Gasteiger partial charge in [-0.2, -0.15) is 0 Å². The van der Waals surface area contributed by atoms with Crippen molar-refractivity contribution in [1.29, 1.82) is 0 Å². The molecule has 6 heteroatoms. The number of rotatable bonds is 5. The Morgan fingerprint density at radius 1 is 1.18 bits per heavy atom. The van der Waals surface area contributed by atoms with E-state index in [2.05, 4.69) is 4.90 Å². The highest BCUT2D eigenvalue weighted by molar-refractivity contribution is 7.90. The Morgan fingerprint density at radius 3 is 2.32 bits per heavy atom. The fraction of sp³-hybridized carbons (Fsp3) is 0.625. The van der Waals surface area contributed by atoms with Crippen LogP contribution in [0.15, 0.2) is 24.3 Å². The molecule has 122 valence electrons. The second kappa shape index (κ2) is 6.08. The molecule has 1 aromatic rings. The Balaban J connectivity index is 1.58. The fourth-order valence-electron chi connectivity index (χ4n) is 3.70. The van der Waals surface area contributed by atoms with Crippen molar-refractivity contribution in [3.63, 3.8) is 0 Å². The molecule has 2 bridgehead atoms. The van der Waals surface area contributed by atoms with Crippen molar-refractivity contribution >= 4 is 15.5 Å². The van der Waals surface area contributed by atoms with Crippen LogP contribution in [0.3, 0.4) is 0 Å². The van der Waals surface area contributed by atoms with Gasteiger partial charge in [0.25, 0.3) is 0 Å². The van der Waals surface area contributed by atoms with Gasteiger partial charge in [-0.15, -0.1) is 0 Å². The third kappa shape index (κ3) is 3.73. The Hall–Kier alpha value is -1.27. The van der Waals surface area contributed by atoms with Gasteiger partial charge < -0.3 is 10.5 Å². The van der Waals surface area contributed by atoms with Gasteiger partial charge >= 0.3 is 0 Å². The summed E-state index contributed by atoms with van der Waals surface area (Å²) in [4.78, 5) is 2.38. The maximum absolute atomic E-state index is 11.4. The van der Waals surface area contributed by atoms with Crippen LogP contribution >= 0.6 is 0 Å². The third-order valence-electron chi connectivity index (χ3n) is 4.74. The molecule has 2 aliphatic rings. The van der Waals surface area contributed by atoms with Crippen molar-refractivity contribution in [2.75, 3.05) is 24.3 Å². The lowest BCUT2D eigenvalue weighted by Gasteiger charge is -2.38. The molecular weight excluding hydrogens is 300 g/mol. The molecule has 1 aromatic carbocycles. The number of hydrogen-bond acceptors (Lipinski definition) is 5. The minimum Gasteiger partial charge on any atom is -0.490 e. The quantitative estimate of drug-likeness (QED) is 0.835. The molecule has 0 radical (unpaired) electrons. The van der Waals surface area contributed by atoms with Gasteiger partial charge in [-0.3, -0.25) is 4.90 Å². The summed E-state index contributed by atoms with van der Waals surface area (Å²) in [5.74, 6) is 1.12. The molecule has 0 aromatic heterocycles. The van der Waals surface area contributed by atoms with Gasteiger partial charge in [0, 0.05) is 30.6 Å². The molecule has 5 nitrogen and oxygen atoms in total. The Labute approximate surface area is 132 Å². The van der Waals surface area contributed by atoms with Gasteiger partial charge in [0.1, 0.15) is 21.7 Å². The lowest BCUT2D eigenvalue weighted by molar-refractivity contribution is 0.0535. The Bertz CT molecular complexity index is 601. The average Bonchev–Trinajstić information content (AvgIpc) is 2.68. The maximum atomic E-state index is 11.4. The van der Waals surface area contributed by atoms with Crippen molar-refractivity contribution in [3.8, 4) is 5.75 Å². The second-order valence-corrected chi connectivity index (χ2v) is 8.79. The number of piperidine rings is 1. The minimum absolute atomic E-state index is 0.218. The van der Waals surface area contributed by atoms with Gasteiger partial charge in [0.2, 0.25) is 0 Å². The fourth-order valence-corrected chi connectivity index (χ4v) is 4.24. The van der Waals surface area contributed by atoms with Gasteiger partial charge in [-0.25, -0.2) is 8.42 Å². The van der Waals surface area contributed by atoms with Gasteiger partial charge in [-0.1, -0.05) is 0 Å². The summed E-state index contributed by atoms with van der Waals surface area (Å²) in [5, 5.41) is 0. The number of fused-ring (bicyclic) bond motifs is 2. The monoisotopic (exact) mass is 324 g/mol. The highest BCUT2D eigenvalue weighted by Gasteiger charge is 2.41. The molecule has 2 saturated heterocycles. The van der Waals surface area contributed by atoms with E-state index in [4.69, 9.17) is 10.5 Å². The van der Waals surface area contributed by atoms with E-state index >= 15 is 0 Å². The number of nitrogen functional groups attached to an aromatic ring is 1. The van der Waals surface area contributed by atoms with Gasteiger partial charge in [0.05, 0.1) is 5.75 Å². The third-order valence-corrected chi connectivity index (χ3v) is 5.67. The number of sulfone groups is 1. The average molecular weight is 324 g/mol. The first-order chi connectivity index (χ1) is 10.4. The lowest BCUT2D eigenvalue weighted by Crippen LogP contribution is -2.47. The summed E-state index contributed by atoms with van der Waals surface area (Å²) in [7, 11) is -2.89. The van der Waals surface area contributed by atoms with E-state index in [1.165, 1.54) is 6.26 Å². The number of hydrogen-bond donors (Lipinski definition) is 1. The van der Waals surface area contributed by atoms with Crippen LogP contribution in [0.5, 0.6) is 5.75 Å². The van der Waals surface area contributed by atoms with E-state index in [0.717, 1.165) is 37.1 Å². The van der Waals surface area contributed by atoms with Gasteiger partial charge in [-0.05, 0) is 49.9 Å². The topological polar surface area (TPSA) is 72.6 Å². The zero-order valence-electron chi connectivity index (χ0n) is 12.9. The number of ether oxygens (including phenoxy) is 1. The summed E-state index contributed by atoms with van der Waals surface area (Å²) < 4.78 is 28.8. The molecule has 2 aliphatic heterocycles. The normalized spacial score (nSPS) is 28.7. The van der Waals surface area contributed by atoms with Crippen molar-refractivity contribution in [2.24, 2.45) is 0 Å². The Kier molecular flexibility index (Phi) is 4.32. The molecule has 0 saturated carbocycles. The molecule has 0 aliphatic carbocycles. The maximum Gasteiger partial charge on any atom is 0.148 e. The molecule has 2 atom stereocenters. The smallest absolute Gasteiger partial charge is 0.148 e. The highest BCUT2D eigenvalue weighted by atomic mass is 32.2. The van der Waals surface area contributed by atoms with E-state index in [1.807, 2.05) is 24.3 Å². The largest absolute Gasteiger partial charge is 0.490 e. The molecule has 3 rings (SSSR count). The van der Waals surface area contributed by atoms with Crippen LogP contribution < -0.4 is 10.5 Å². The zero-order chi connectivity index (χ0) is 15.7. The predicted molar refractivity (Wildman–Crippen MR) is 87.7 cm³/mol. The van der Waals surface area contributed by atoms with Crippen LogP contribution in [0.4, 0.5) is 5.69 Å². The molecule has 0 spiro atoms. The van der Waals surface area contributed by atoms with E-state index in [1.54, 1.807) is 0 Å². The van der Waals surface area contributed by atoms with Crippen LogP contribution in [-0.4, -0.2) is 50.1 Å². The van der Waals surface area contributed by atoms with E-state index in [-0.39, 0.29) is 11.9 Å². The molecular formula is C16H24N2O3S. The molecule has 2 N–H and O–H groups in total. The van der Waals surface area contributed by atoms with Crippen molar-refractivity contribution in [2.45, 2.75) is 43.9 Å². The summed E-state index contributed by atoms with van der Waals surface area (Å²) in [6, 6.07) is 8.44. The number of anilines is 1. The first-order valence-corrected chi connectivity index (χ1v) is 9.92. The van der Waals surface area contributed by atoms with Crippen LogP contribution in [-0.2, 0) is 9.84 Å². The molecule has 0 amide bonds. The Morgan fingerprint density at radius 2 is 1.77 bits per heavy atom. The van der Waals surface area contributed by atoms with Crippen LogP contribution in [0, 0.1) is 0 Å². The first kappa shape index (κ1) is 15.6. The molecule has 2 heterocycles. The van der Waals surface area contributed by atoms with Gasteiger partial charge in [0.15, 0.2) is 0 Å². The summed E-state index contributed by atoms with van der Waals surface area (Å²) in [6.45, 7) is 0.656. The van der Waals surface area contributed by atoms with Crippen molar-refractivity contribution < 1.29 is 13.2 Å². The molecule has 2 fully saturated rings. The van der Waals surface area contributed by atoms with E-state index < -0.39 is 9.84 Å². The molecule has 22 heavy (non-hydrogen) atoms. The van der Waals surface area contributed by atoms with Crippen LogP contribution in [0.25, 0.3) is 0 Å². The predicted octanol–water partition coefficient (Wildman–Crippen LogP) is 1.69. The molecule has 2 unspecified atom stereocenters. The lowest BCUT2D eigenvalue weighted by atomic mass is 10.00. The second-order valence-electron chi connectivity index (χ2n) is 6.53. The van der Waals surface area contributed by atoms with E-state index in [0.29, 0.717) is 18.6 Å². The SMILES string of the molecule is CS(=O)(=O)CCN1C2CCC1CC(Oc1ccc(N)cc1)C2. The van der Waals surface area contributed by atoms with Crippen LogP contribution in [0.2, 0.25) is 0 Å². The zero-order valence-corrected chi connectivity index (χ0v) is 13.8. The van der Waals surface area contributed by atoms with E-state index in [9.17, 15) is 8.42 Å².